The van der Waals surface area contributed by atoms with Gasteiger partial charge in [0.2, 0.25) is 0 Å². The van der Waals surface area contributed by atoms with Crippen LogP contribution in [0.1, 0.15) is 64.0 Å². The van der Waals surface area contributed by atoms with Crippen LogP contribution in [0.3, 0.4) is 0 Å². The minimum absolute atomic E-state index is 0.228. The molecular formula is C26H35F3N2O6S. The van der Waals surface area contributed by atoms with Gasteiger partial charge in [-0.15, -0.1) is 0 Å². The number of rotatable bonds is 4. The number of halogens is 3. The summed E-state index contributed by atoms with van der Waals surface area (Å²) in [7, 11) is -5.85. The first-order valence-electron chi connectivity index (χ1n) is 13.1. The van der Waals surface area contributed by atoms with E-state index in [1.165, 1.54) is 12.1 Å². The minimum atomic E-state index is -5.85. The summed E-state index contributed by atoms with van der Waals surface area (Å²) in [5, 5.41) is 12.5. The molecule has 12 heteroatoms. The van der Waals surface area contributed by atoms with E-state index in [1.807, 2.05) is 0 Å². The number of alkyl halides is 3. The van der Waals surface area contributed by atoms with E-state index in [2.05, 4.69) is 9.08 Å². The molecular weight excluding hydrogens is 525 g/mol. The molecule has 2 saturated heterocycles. The third-order valence-corrected chi connectivity index (χ3v) is 9.54. The Balaban J connectivity index is 1.54. The molecule has 0 spiro atoms. The summed E-state index contributed by atoms with van der Waals surface area (Å²) >= 11 is 0. The van der Waals surface area contributed by atoms with Crippen molar-refractivity contribution in [3.63, 3.8) is 0 Å². The SMILES string of the molecule is CC(C)(C)OC(=O)N1CC[C@]23CCN(CC4CC4)[C@H](Cc4ccc(OS(=O)(=O)C(F)(F)F)cc42)[C@]3(O)CC1. The Morgan fingerprint density at radius 1 is 1.11 bits per heavy atom. The lowest BCUT2D eigenvalue weighted by Crippen LogP contribution is -2.71. The van der Waals surface area contributed by atoms with Crippen molar-refractivity contribution >= 4 is 16.2 Å². The van der Waals surface area contributed by atoms with Crippen LogP contribution in [-0.4, -0.2) is 78.3 Å². The molecule has 1 amide bonds. The van der Waals surface area contributed by atoms with Crippen molar-refractivity contribution in [2.45, 2.75) is 87.5 Å². The van der Waals surface area contributed by atoms with Crippen molar-refractivity contribution in [3.8, 4) is 5.75 Å². The fourth-order valence-corrected chi connectivity index (χ4v) is 7.04. The molecule has 1 saturated carbocycles. The van der Waals surface area contributed by atoms with E-state index >= 15 is 0 Å². The lowest BCUT2D eigenvalue weighted by molar-refractivity contribution is -0.149. The number of carbonyl (C=O) groups excluding carboxylic acids is 1. The number of hydrogen-bond donors (Lipinski definition) is 1. The second-order valence-electron chi connectivity index (χ2n) is 12.2. The Morgan fingerprint density at radius 2 is 1.76 bits per heavy atom. The molecule has 4 aliphatic rings. The topological polar surface area (TPSA) is 96.4 Å². The molecule has 5 rings (SSSR count). The third-order valence-electron chi connectivity index (χ3n) is 8.56. The van der Waals surface area contributed by atoms with Gasteiger partial charge in [-0.2, -0.15) is 21.6 Å². The Bertz CT molecular complexity index is 1210. The number of benzene rings is 1. The minimum Gasteiger partial charge on any atom is -0.444 e. The van der Waals surface area contributed by atoms with Gasteiger partial charge in [0.15, 0.2) is 0 Å². The second kappa shape index (κ2) is 8.99. The predicted molar refractivity (Wildman–Crippen MR) is 132 cm³/mol. The Labute approximate surface area is 221 Å². The van der Waals surface area contributed by atoms with Gasteiger partial charge in [-0.25, -0.2) is 4.79 Å². The fourth-order valence-electron chi connectivity index (χ4n) is 6.59. The highest BCUT2D eigenvalue weighted by atomic mass is 32.2. The maximum Gasteiger partial charge on any atom is 0.534 e. The van der Waals surface area contributed by atoms with Gasteiger partial charge in [-0.05, 0) is 95.0 Å². The third kappa shape index (κ3) is 4.77. The highest BCUT2D eigenvalue weighted by molar-refractivity contribution is 7.88. The summed E-state index contributed by atoms with van der Waals surface area (Å²) in [4.78, 5) is 16.9. The molecule has 1 aromatic carbocycles. The number of nitrogens with zero attached hydrogens (tertiary/aromatic N) is 2. The first-order chi connectivity index (χ1) is 17.5. The molecule has 8 nitrogen and oxygen atoms in total. The van der Waals surface area contributed by atoms with E-state index in [0.717, 1.165) is 24.9 Å². The van der Waals surface area contributed by atoms with Crippen LogP contribution in [0.5, 0.6) is 5.75 Å². The van der Waals surface area contributed by atoms with Gasteiger partial charge in [0.1, 0.15) is 11.4 Å². The van der Waals surface area contributed by atoms with Crippen molar-refractivity contribution in [3.05, 3.63) is 29.3 Å². The van der Waals surface area contributed by atoms with Crippen LogP contribution in [0.25, 0.3) is 0 Å². The number of carbonyl (C=O) groups is 1. The van der Waals surface area contributed by atoms with E-state index in [-0.39, 0.29) is 25.6 Å². The normalized spacial score (nSPS) is 30.2. The van der Waals surface area contributed by atoms with E-state index < -0.39 is 44.1 Å². The van der Waals surface area contributed by atoms with Crippen LogP contribution in [-0.2, 0) is 26.7 Å². The molecule has 212 valence electrons. The van der Waals surface area contributed by atoms with Gasteiger partial charge in [-0.3, -0.25) is 4.90 Å². The maximum atomic E-state index is 13.0. The molecule has 38 heavy (non-hydrogen) atoms. The zero-order valence-electron chi connectivity index (χ0n) is 21.9. The number of hydrogen-bond acceptors (Lipinski definition) is 7. The summed E-state index contributed by atoms with van der Waals surface area (Å²) in [6.07, 6.45) is 3.46. The van der Waals surface area contributed by atoms with Crippen molar-refractivity contribution in [2.75, 3.05) is 26.2 Å². The fraction of sp³-hybridized carbons (Fsp3) is 0.731. The van der Waals surface area contributed by atoms with Crippen LogP contribution in [0.15, 0.2) is 18.2 Å². The van der Waals surface area contributed by atoms with Crippen LogP contribution in [0, 0.1) is 5.92 Å². The average Bonchev–Trinajstić information content (AvgIpc) is 3.60. The van der Waals surface area contributed by atoms with Crippen molar-refractivity contribution in [2.24, 2.45) is 5.92 Å². The highest BCUT2D eigenvalue weighted by Crippen LogP contribution is 2.57. The van der Waals surface area contributed by atoms with Crippen LogP contribution in [0.4, 0.5) is 18.0 Å². The van der Waals surface area contributed by atoms with Crippen LogP contribution >= 0.6 is 0 Å². The predicted octanol–water partition coefficient (Wildman–Crippen LogP) is 3.96. The van der Waals surface area contributed by atoms with E-state index in [9.17, 15) is 31.5 Å². The number of fused-ring (bicyclic) bond motifs is 1. The number of likely N-dealkylation sites (tertiary alicyclic amines) is 2. The largest absolute Gasteiger partial charge is 0.534 e. The van der Waals surface area contributed by atoms with Crippen molar-refractivity contribution < 1.29 is 40.4 Å². The Morgan fingerprint density at radius 3 is 2.39 bits per heavy atom. The molecule has 0 unspecified atom stereocenters. The molecule has 2 bridgehead atoms. The van der Waals surface area contributed by atoms with Gasteiger partial charge >= 0.3 is 21.7 Å². The molecule has 0 aromatic heterocycles. The van der Waals surface area contributed by atoms with Gasteiger partial charge in [0, 0.05) is 31.1 Å². The summed E-state index contributed by atoms with van der Waals surface area (Å²) < 4.78 is 72.6. The molecule has 3 fully saturated rings. The number of piperidine rings is 1. The van der Waals surface area contributed by atoms with E-state index in [1.54, 1.807) is 31.7 Å². The van der Waals surface area contributed by atoms with E-state index in [4.69, 9.17) is 4.74 Å². The molecule has 0 radical (unpaired) electrons. The van der Waals surface area contributed by atoms with Crippen LogP contribution in [0.2, 0.25) is 0 Å². The molecule has 2 heterocycles. The monoisotopic (exact) mass is 560 g/mol. The molecule has 1 N–H and O–H groups in total. The molecule has 1 aromatic rings. The molecule has 2 aliphatic heterocycles. The summed E-state index contributed by atoms with van der Waals surface area (Å²) in [6.45, 7) is 7.48. The zero-order chi connectivity index (χ0) is 27.7. The summed E-state index contributed by atoms with van der Waals surface area (Å²) in [5.41, 5.74) is -6.96. The van der Waals surface area contributed by atoms with Crippen molar-refractivity contribution in [1.82, 2.24) is 9.80 Å². The van der Waals surface area contributed by atoms with Gasteiger partial charge < -0.3 is 18.9 Å². The van der Waals surface area contributed by atoms with Crippen molar-refractivity contribution in [1.29, 1.82) is 0 Å². The first-order valence-corrected chi connectivity index (χ1v) is 14.5. The van der Waals surface area contributed by atoms with Gasteiger partial charge in [0.25, 0.3) is 0 Å². The van der Waals surface area contributed by atoms with Gasteiger partial charge in [-0.1, -0.05) is 6.07 Å². The number of ether oxygens (including phenoxy) is 1. The maximum absolute atomic E-state index is 13.0. The lowest BCUT2D eigenvalue weighted by atomic mass is 9.52. The molecule has 2 aliphatic carbocycles. The standard InChI is InChI=1S/C26H35F3N2O6S/c1-23(2,3)36-22(32)30-11-8-24-9-12-31(16-17-4-5-17)21(25(24,33)10-13-30)14-18-6-7-19(15-20(18)24)37-38(34,35)26(27,28)29/h6-7,15,17,21,33H,4-5,8-14,16H2,1-3H3/t21-,24+,25-/m1/s1. The average molecular weight is 561 g/mol. The van der Waals surface area contributed by atoms with Crippen LogP contribution < -0.4 is 4.18 Å². The second-order valence-corrected chi connectivity index (χ2v) is 13.7. The number of aliphatic hydroxyl groups is 1. The quantitative estimate of drug-likeness (QED) is 0.440. The smallest absolute Gasteiger partial charge is 0.444 e. The number of amides is 1. The summed E-state index contributed by atoms with van der Waals surface area (Å²) in [6, 6.07) is 3.98. The molecule has 3 atom stereocenters. The Kier molecular flexibility index (Phi) is 6.51. The first kappa shape index (κ1) is 27.5. The lowest BCUT2D eigenvalue weighted by Gasteiger charge is -2.61. The summed E-state index contributed by atoms with van der Waals surface area (Å²) in [5.74, 6) is 0.157. The van der Waals surface area contributed by atoms with E-state index in [0.29, 0.717) is 37.3 Å². The highest BCUT2D eigenvalue weighted by Gasteiger charge is 2.63. The zero-order valence-corrected chi connectivity index (χ0v) is 22.7. The Hall–Kier alpha value is -2.05. The van der Waals surface area contributed by atoms with Gasteiger partial charge in [0.05, 0.1) is 5.60 Å².